The zero-order chi connectivity index (χ0) is 16.4. The molecule has 128 valence electrons. The van der Waals surface area contributed by atoms with Gasteiger partial charge in [-0.25, -0.2) is 8.42 Å². The van der Waals surface area contributed by atoms with Crippen LogP contribution in [0, 0.1) is 0 Å². The lowest BCUT2D eigenvalue weighted by Crippen LogP contribution is -2.51. The molecule has 0 radical (unpaired) electrons. The molecule has 2 aliphatic heterocycles. The van der Waals surface area contributed by atoms with E-state index in [1.54, 1.807) is 6.07 Å². The number of rotatable bonds is 3. The smallest absolute Gasteiger partial charge is 0.289 e. The maximum atomic E-state index is 12.4. The van der Waals surface area contributed by atoms with Crippen molar-refractivity contribution in [2.24, 2.45) is 0 Å². The summed E-state index contributed by atoms with van der Waals surface area (Å²) in [6.45, 7) is 4.65. The largest absolute Gasteiger partial charge is 0.456 e. The quantitative estimate of drug-likeness (QED) is 0.826. The molecule has 23 heavy (non-hydrogen) atoms. The van der Waals surface area contributed by atoms with Crippen LogP contribution in [0.15, 0.2) is 16.5 Å². The van der Waals surface area contributed by atoms with E-state index in [0.29, 0.717) is 38.0 Å². The Morgan fingerprint density at radius 2 is 1.83 bits per heavy atom. The molecular weight excluding hydrogens is 316 g/mol. The average Bonchev–Trinajstić information content (AvgIpc) is 3.03. The second-order valence-electron chi connectivity index (χ2n) is 6.33. The Hall–Kier alpha value is -1.34. The first-order chi connectivity index (χ1) is 11.0. The molecule has 0 aromatic carbocycles. The van der Waals surface area contributed by atoms with E-state index in [9.17, 15) is 13.2 Å². The summed E-state index contributed by atoms with van der Waals surface area (Å²) in [4.78, 5) is 16.5. The number of piperidine rings is 1. The zero-order valence-corrected chi connectivity index (χ0v) is 14.3. The average molecular weight is 340 g/mol. The molecule has 3 heterocycles. The number of likely N-dealkylation sites (tertiary alicyclic amines) is 1. The summed E-state index contributed by atoms with van der Waals surface area (Å²) >= 11 is 0. The van der Waals surface area contributed by atoms with Crippen molar-refractivity contribution in [1.82, 2.24) is 9.80 Å². The molecule has 2 aliphatic rings. The normalized spacial score (nSPS) is 23.1. The highest BCUT2D eigenvalue weighted by atomic mass is 32.2. The molecule has 7 heteroatoms. The van der Waals surface area contributed by atoms with E-state index >= 15 is 0 Å². The van der Waals surface area contributed by atoms with Crippen molar-refractivity contribution in [2.75, 3.05) is 37.7 Å². The van der Waals surface area contributed by atoms with Crippen LogP contribution in [-0.2, 0) is 16.3 Å². The lowest BCUT2D eigenvalue weighted by molar-refractivity contribution is 0.0598. The van der Waals surface area contributed by atoms with Crippen LogP contribution in [0.25, 0.3) is 0 Å². The fourth-order valence-corrected chi connectivity index (χ4v) is 4.59. The van der Waals surface area contributed by atoms with E-state index in [2.05, 4.69) is 4.90 Å². The molecule has 6 nitrogen and oxygen atoms in total. The number of carbonyl (C=O) groups excluding carboxylic acids is 1. The second kappa shape index (κ2) is 6.65. The van der Waals surface area contributed by atoms with Crippen molar-refractivity contribution >= 4 is 15.7 Å². The van der Waals surface area contributed by atoms with Crippen LogP contribution in [0.1, 0.15) is 36.1 Å². The molecule has 2 fully saturated rings. The van der Waals surface area contributed by atoms with Crippen molar-refractivity contribution in [3.05, 3.63) is 23.7 Å². The molecule has 1 aromatic rings. The highest BCUT2D eigenvalue weighted by Gasteiger charge is 2.31. The topological polar surface area (TPSA) is 70.8 Å². The van der Waals surface area contributed by atoms with Crippen molar-refractivity contribution in [3.8, 4) is 0 Å². The van der Waals surface area contributed by atoms with Gasteiger partial charge in [-0.3, -0.25) is 9.69 Å². The van der Waals surface area contributed by atoms with Gasteiger partial charge in [-0.15, -0.1) is 0 Å². The van der Waals surface area contributed by atoms with E-state index in [1.807, 2.05) is 17.9 Å². The van der Waals surface area contributed by atoms with Gasteiger partial charge in [-0.05, 0) is 25.0 Å². The Morgan fingerprint density at radius 1 is 1.17 bits per heavy atom. The number of nitrogens with zero attached hydrogens (tertiary/aromatic N) is 2. The minimum atomic E-state index is -2.83. The van der Waals surface area contributed by atoms with Gasteiger partial charge in [-0.1, -0.05) is 6.92 Å². The molecule has 0 aliphatic carbocycles. The van der Waals surface area contributed by atoms with E-state index in [-0.39, 0.29) is 17.4 Å². The van der Waals surface area contributed by atoms with Crippen LogP contribution in [0.4, 0.5) is 0 Å². The fraction of sp³-hybridized carbons (Fsp3) is 0.688. The van der Waals surface area contributed by atoms with Gasteiger partial charge in [0.1, 0.15) is 5.76 Å². The van der Waals surface area contributed by atoms with Gasteiger partial charge in [0.2, 0.25) is 0 Å². The highest BCUT2D eigenvalue weighted by molar-refractivity contribution is 7.91. The fourth-order valence-electron chi connectivity index (χ4n) is 3.36. The standard InChI is InChI=1S/C16H24N2O4S/c1-2-14-3-4-15(22-14)16(19)18-7-5-13(6-8-18)17-9-11-23(20,21)12-10-17/h3-4,13H,2,5-12H2,1H3. The van der Waals surface area contributed by atoms with Crippen LogP contribution in [0.2, 0.25) is 0 Å². The summed E-state index contributed by atoms with van der Waals surface area (Å²) in [7, 11) is -2.83. The van der Waals surface area contributed by atoms with E-state index in [4.69, 9.17) is 4.42 Å². The van der Waals surface area contributed by atoms with E-state index in [0.717, 1.165) is 25.0 Å². The van der Waals surface area contributed by atoms with Gasteiger partial charge < -0.3 is 9.32 Å². The molecule has 0 atom stereocenters. The molecule has 2 saturated heterocycles. The third kappa shape index (κ3) is 3.77. The van der Waals surface area contributed by atoms with Crippen LogP contribution in [0.3, 0.4) is 0 Å². The first-order valence-corrected chi connectivity index (χ1v) is 10.1. The van der Waals surface area contributed by atoms with Crippen molar-refractivity contribution in [3.63, 3.8) is 0 Å². The summed E-state index contributed by atoms with van der Waals surface area (Å²) in [5.74, 6) is 1.74. The summed E-state index contributed by atoms with van der Waals surface area (Å²) in [5, 5.41) is 0. The summed E-state index contributed by atoms with van der Waals surface area (Å²) < 4.78 is 28.6. The molecule has 0 unspecified atom stereocenters. The minimum absolute atomic E-state index is 0.0376. The van der Waals surface area contributed by atoms with E-state index < -0.39 is 9.84 Å². The number of hydrogen-bond donors (Lipinski definition) is 0. The van der Waals surface area contributed by atoms with Crippen LogP contribution >= 0.6 is 0 Å². The Kier molecular flexibility index (Phi) is 4.77. The Morgan fingerprint density at radius 3 is 2.39 bits per heavy atom. The monoisotopic (exact) mass is 340 g/mol. The SMILES string of the molecule is CCc1ccc(C(=O)N2CCC(N3CCS(=O)(=O)CC3)CC2)o1. The minimum Gasteiger partial charge on any atom is -0.456 e. The van der Waals surface area contributed by atoms with Crippen molar-refractivity contribution < 1.29 is 17.6 Å². The third-order valence-electron chi connectivity index (χ3n) is 4.87. The molecule has 1 aromatic heterocycles. The first-order valence-electron chi connectivity index (χ1n) is 8.31. The molecule has 3 rings (SSSR count). The third-order valence-corrected chi connectivity index (χ3v) is 6.48. The Labute approximate surface area is 137 Å². The number of sulfone groups is 1. The van der Waals surface area contributed by atoms with Gasteiger partial charge in [0.05, 0.1) is 11.5 Å². The van der Waals surface area contributed by atoms with Crippen molar-refractivity contribution in [2.45, 2.75) is 32.2 Å². The maximum absolute atomic E-state index is 12.4. The number of carbonyl (C=O) groups is 1. The lowest BCUT2D eigenvalue weighted by atomic mass is 10.0. The lowest BCUT2D eigenvalue weighted by Gasteiger charge is -2.39. The van der Waals surface area contributed by atoms with Gasteiger partial charge in [-0.2, -0.15) is 0 Å². The van der Waals surface area contributed by atoms with Crippen LogP contribution in [0.5, 0.6) is 0 Å². The van der Waals surface area contributed by atoms with Crippen LogP contribution in [-0.4, -0.2) is 67.9 Å². The highest BCUT2D eigenvalue weighted by Crippen LogP contribution is 2.21. The molecular formula is C16H24N2O4S. The van der Waals surface area contributed by atoms with Gasteiger partial charge in [0, 0.05) is 38.6 Å². The summed E-state index contributed by atoms with van der Waals surface area (Å²) in [5.41, 5.74) is 0. The molecule has 0 saturated carbocycles. The number of amides is 1. The molecule has 0 N–H and O–H groups in total. The zero-order valence-electron chi connectivity index (χ0n) is 13.5. The predicted molar refractivity (Wildman–Crippen MR) is 87.2 cm³/mol. The van der Waals surface area contributed by atoms with Gasteiger partial charge >= 0.3 is 0 Å². The number of aryl methyl sites for hydroxylation is 1. The molecule has 0 bridgehead atoms. The van der Waals surface area contributed by atoms with Crippen molar-refractivity contribution in [1.29, 1.82) is 0 Å². The number of hydrogen-bond acceptors (Lipinski definition) is 5. The van der Waals surface area contributed by atoms with E-state index in [1.165, 1.54) is 0 Å². The Balaban J connectivity index is 1.53. The Bertz CT molecular complexity index is 645. The summed E-state index contributed by atoms with van der Waals surface area (Å²) in [6.07, 6.45) is 2.58. The van der Waals surface area contributed by atoms with Gasteiger partial charge in [0.15, 0.2) is 15.6 Å². The molecule has 1 amide bonds. The van der Waals surface area contributed by atoms with Crippen LogP contribution < -0.4 is 0 Å². The maximum Gasteiger partial charge on any atom is 0.289 e. The summed E-state index contributed by atoms with van der Waals surface area (Å²) in [6, 6.07) is 3.99. The predicted octanol–water partition coefficient (Wildman–Crippen LogP) is 1.18. The molecule has 0 spiro atoms. The number of furan rings is 1. The van der Waals surface area contributed by atoms with Gasteiger partial charge in [0.25, 0.3) is 5.91 Å². The second-order valence-corrected chi connectivity index (χ2v) is 8.63. The first kappa shape index (κ1) is 16.5.